The van der Waals surface area contributed by atoms with Crippen molar-refractivity contribution in [3.05, 3.63) is 29.8 Å². The Hall–Kier alpha value is -2.08. The molecule has 1 aliphatic heterocycles. The molecule has 0 spiro atoms. The molecule has 1 aromatic carbocycles. The topological polar surface area (TPSA) is 73.5 Å². The number of anilines is 1. The van der Waals surface area contributed by atoms with Crippen molar-refractivity contribution >= 4 is 17.6 Å². The van der Waals surface area contributed by atoms with Crippen LogP contribution in [0.15, 0.2) is 24.3 Å². The molecule has 0 aromatic heterocycles. The lowest BCUT2D eigenvalue weighted by atomic mass is 10.1. The lowest BCUT2D eigenvalue weighted by Gasteiger charge is -2.26. The van der Waals surface area contributed by atoms with Gasteiger partial charge in [-0.05, 0) is 63.9 Å². The van der Waals surface area contributed by atoms with E-state index in [4.69, 9.17) is 0 Å². The SMILES string of the molecule is CCNC(=O)[C@@H](C)NC(=O)Nc1ccc(CCN2CCCCC2)cc1. The van der Waals surface area contributed by atoms with E-state index in [0.717, 1.165) is 18.7 Å². The molecular formula is C19H30N4O2. The average Bonchev–Trinajstić information content (AvgIpc) is 2.62. The highest BCUT2D eigenvalue weighted by Crippen LogP contribution is 2.13. The maximum Gasteiger partial charge on any atom is 0.319 e. The highest BCUT2D eigenvalue weighted by atomic mass is 16.2. The van der Waals surface area contributed by atoms with Crippen LogP contribution in [0.1, 0.15) is 38.7 Å². The molecule has 1 aromatic rings. The molecule has 3 N–H and O–H groups in total. The minimum Gasteiger partial charge on any atom is -0.355 e. The number of hydrogen-bond donors (Lipinski definition) is 3. The van der Waals surface area contributed by atoms with E-state index in [9.17, 15) is 9.59 Å². The summed E-state index contributed by atoms with van der Waals surface area (Å²) in [5, 5.41) is 8.07. The standard InChI is InChI=1S/C19H30N4O2/c1-3-20-18(24)15(2)21-19(25)22-17-9-7-16(8-10-17)11-14-23-12-5-4-6-13-23/h7-10,15H,3-6,11-14H2,1-2H3,(H,20,24)(H2,21,22,25)/t15-/m1/s1. The first-order valence-electron chi connectivity index (χ1n) is 9.25. The van der Waals surface area contributed by atoms with Crippen molar-refractivity contribution in [1.82, 2.24) is 15.5 Å². The molecule has 0 saturated carbocycles. The average molecular weight is 346 g/mol. The molecule has 3 amide bonds. The van der Waals surface area contributed by atoms with Crippen molar-refractivity contribution in [2.75, 3.05) is 31.5 Å². The zero-order valence-corrected chi connectivity index (χ0v) is 15.3. The van der Waals surface area contributed by atoms with Crippen LogP contribution in [0.3, 0.4) is 0 Å². The third kappa shape index (κ3) is 6.74. The highest BCUT2D eigenvalue weighted by molar-refractivity contribution is 5.93. The Morgan fingerprint density at radius 3 is 2.44 bits per heavy atom. The molecule has 1 fully saturated rings. The molecule has 2 rings (SSSR count). The monoisotopic (exact) mass is 346 g/mol. The van der Waals surface area contributed by atoms with Gasteiger partial charge in [0.1, 0.15) is 6.04 Å². The third-order valence-corrected chi connectivity index (χ3v) is 4.47. The summed E-state index contributed by atoms with van der Waals surface area (Å²) in [4.78, 5) is 26.1. The fourth-order valence-electron chi connectivity index (χ4n) is 2.98. The van der Waals surface area contributed by atoms with Crippen molar-refractivity contribution in [2.45, 2.75) is 45.6 Å². The number of likely N-dealkylation sites (tertiary alicyclic amines) is 1. The summed E-state index contributed by atoms with van der Waals surface area (Å²) in [5.74, 6) is -0.189. The van der Waals surface area contributed by atoms with E-state index in [1.54, 1.807) is 6.92 Å². The molecule has 0 radical (unpaired) electrons. The number of carbonyl (C=O) groups excluding carboxylic acids is 2. The maximum atomic E-state index is 11.9. The first-order chi connectivity index (χ1) is 12.1. The van der Waals surface area contributed by atoms with E-state index in [2.05, 4.69) is 20.9 Å². The fraction of sp³-hybridized carbons (Fsp3) is 0.579. The zero-order chi connectivity index (χ0) is 18.1. The lowest BCUT2D eigenvalue weighted by molar-refractivity contribution is -0.122. The van der Waals surface area contributed by atoms with Gasteiger partial charge in [-0.15, -0.1) is 0 Å². The number of amides is 3. The van der Waals surface area contributed by atoms with Gasteiger partial charge >= 0.3 is 6.03 Å². The highest BCUT2D eigenvalue weighted by Gasteiger charge is 2.14. The van der Waals surface area contributed by atoms with Crippen molar-refractivity contribution in [3.63, 3.8) is 0 Å². The van der Waals surface area contributed by atoms with Crippen LogP contribution in [0.5, 0.6) is 0 Å². The van der Waals surface area contributed by atoms with E-state index in [1.165, 1.54) is 37.9 Å². The summed E-state index contributed by atoms with van der Waals surface area (Å²) in [6.45, 7) is 7.57. The molecular weight excluding hydrogens is 316 g/mol. The summed E-state index contributed by atoms with van der Waals surface area (Å²) < 4.78 is 0. The van der Waals surface area contributed by atoms with Crippen LogP contribution in [0.2, 0.25) is 0 Å². The van der Waals surface area contributed by atoms with Gasteiger partial charge in [-0.3, -0.25) is 4.79 Å². The van der Waals surface area contributed by atoms with Crippen LogP contribution in [0, 0.1) is 0 Å². The predicted octanol–water partition coefficient (Wildman–Crippen LogP) is 2.36. The van der Waals surface area contributed by atoms with Gasteiger partial charge in [0.2, 0.25) is 5.91 Å². The van der Waals surface area contributed by atoms with Gasteiger partial charge in [0.15, 0.2) is 0 Å². The Labute approximate surface area is 150 Å². The van der Waals surface area contributed by atoms with E-state index >= 15 is 0 Å². The second-order valence-corrected chi connectivity index (χ2v) is 6.56. The van der Waals surface area contributed by atoms with Crippen LogP contribution >= 0.6 is 0 Å². The summed E-state index contributed by atoms with van der Waals surface area (Å²) in [6.07, 6.45) is 5.01. The molecule has 1 atom stereocenters. The number of nitrogens with one attached hydrogen (secondary N) is 3. The molecule has 1 heterocycles. The first-order valence-corrected chi connectivity index (χ1v) is 9.25. The van der Waals surface area contributed by atoms with Crippen LogP contribution in [-0.4, -0.2) is 49.1 Å². The Morgan fingerprint density at radius 2 is 1.80 bits per heavy atom. The van der Waals surface area contributed by atoms with Crippen molar-refractivity contribution in [3.8, 4) is 0 Å². The fourth-order valence-corrected chi connectivity index (χ4v) is 2.98. The normalized spacial score (nSPS) is 16.1. The summed E-state index contributed by atoms with van der Waals surface area (Å²) >= 11 is 0. The first kappa shape index (κ1) is 19.2. The number of urea groups is 1. The molecule has 138 valence electrons. The minimum atomic E-state index is -0.566. The van der Waals surface area contributed by atoms with E-state index in [1.807, 2.05) is 31.2 Å². The summed E-state index contributed by atoms with van der Waals surface area (Å²) in [6, 6.07) is 6.96. The van der Waals surface area contributed by atoms with Crippen molar-refractivity contribution < 1.29 is 9.59 Å². The molecule has 0 aliphatic carbocycles. The van der Waals surface area contributed by atoms with Crippen molar-refractivity contribution in [1.29, 1.82) is 0 Å². The third-order valence-electron chi connectivity index (χ3n) is 4.47. The number of benzene rings is 1. The summed E-state index contributed by atoms with van der Waals surface area (Å²) in [7, 11) is 0. The van der Waals surface area contributed by atoms with Crippen LogP contribution in [0.25, 0.3) is 0 Å². The van der Waals surface area contributed by atoms with Gasteiger partial charge in [-0.2, -0.15) is 0 Å². The number of hydrogen-bond acceptors (Lipinski definition) is 3. The van der Waals surface area contributed by atoms with Crippen LogP contribution < -0.4 is 16.0 Å². The second-order valence-electron chi connectivity index (χ2n) is 6.56. The minimum absolute atomic E-state index is 0.189. The van der Waals surface area contributed by atoms with Gasteiger partial charge in [0.05, 0.1) is 0 Å². The Morgan fingerprint density at radius 1 is 1.12 bits per heavy atom. The molecule has 1 saturated heterocycles. The quantitative estimate of drug-likeness (QED) is 0.710. The van der Waals surface area contributed by atoms with E-state index in [0.29, 0.717) is 6.54 Å². The zero-order valence-electron chi connectivity index (χ0n) is 15.3. The second kappa shape index (κ2) is 10.0. The summed E-state index contributed by atoms with van der Waals surface area (Å²) in [5.41, 5.74) is 1.99. The largest absolute Gasteiger partial charge is 0.355 e. The predicted molar refractivity (Wildman–Crippen MR) is 101 cm³/mol. The molecule has 0 bridgehead atoms. The van der Waals surface area contributed by atoms with E-state index in [-0.39, 0.29) is 11.9 Å². The van der Waals surface area contributed by atoms with Gasteiger partial charge < -0.3 is 20.9 Å². The van der Waals surface area contributed by atoms with Gasteiger partial charge in [0.25, 0.3) is 0 Å². The molecule has 1 aliphatic rings. The van der Waals surface area contributed by atoms with Gasteiger partial charge in [0, 0.05) is 18.8 Å². The molecule has 6 heteroatoms. The number of piperidine rings is 1. The number of nitrogens with zero attached hydrogens (tertiary/aromatic N) is 1. The molecule has 25 heavy (non-hydrogen) atoms. The number of likely N-dealkylation sites (N-methyl/N-ethyl adjacent to an activating group) is 1. The Kier molecular flexibility index (Phi) is 7.73. The molecule has 6 nitrogen and oxygen atoms in total. The van der Waals surface area contributed by atoms with Crippen LogP contribution in [-0.2, 0) is 11.2 Å². The molecule has 0 unspecified atom stereocenters. The lowest BCUT2D eigenvalue weighted by Crippen LogP contribution is -2.46. The maximum absolute atomic E-state index is 11.9. The van der Waals surface area contributed by atoms with Crippen LogP contribution in [0.4, 0.5) is 10.5 Å². The van der Waals surface area contributed by atoms with Gasteiger partial charge in [-0.1, -0.05) is 18.6 Å². The number of rotatable bonds is 7. The van der Waals surface area contributed by atoms with Crippen molar-refractivity contribution in [2.24, 2.45) is 0 Å². The number of carbonyl (C=O) groups is 2. The Balaban J connectivity index is 1.75. The Bertz CT molecular complexity index is 553. The smallest absolute Gasteiger partial charge is 0.319 e. The van der Waals surface area contributed by atoms with Gasteiger partial charge in [-0.25, -0.2) is 4.79 Å². The van der Waals surface area contributed by atoms with E-state index < -0.39 is 6.04 Å².